The van der Waals surface area contributed by atoms with Crippen molar-refractivity contribution in [3.63, 3.8) is 0 Å². The largest absolute Gasteiger partial charge is 0.361 e. The number of carbonyl (C=O) groups excluding carboxylic acids is 1. The summed E-state index contributed by atoms with van der Waals surface area (Å²) in [6.45, 7) is 0.556. The number of amides is 1. The first kappa shape index (κ1) is 21.6. The number of para-hydroxylation sites is 1. The number of hydrogen-bond acceptors (Lipinski definition) is 2. The number of aromatic nitrogens is 3. The van der Waals surface area contributed by atoms with E-state index in [2.05, 4.69) is 16.0 Å². The van der Waals surface area contributed by atoms with Gasteiger partial charge < -0.3 is 9.88 Å². The van der Waals surface area contributed by atoms with Gasteiger partial charge in [0.25, 0.3) is 5.91 Å². The van der Waals surface area contributed by atoms with Crippen LogP contribution in [-0.2, 0) is 6.42 Å². The lowest BCUT2D eigenvalue weighted by molar-refractivity contribution is 0.0789. The van der Waals surface area contributed by atoms with Crippen molar-refractivity contribution in [2.45, 2.75) is 6.42 Å². The summed E-state index contributed by atoms with van der Waals surface area (Å²) in [4.78, 5) is 22.3. The average Bonchev–Trinajstić information content (AvgIpc) is 3.51. The van der Waals surface area contributed by atoms with Gasteiger partial charge in [0.15, 0.2) is 11.6 Å². The Kier molecular flexibility index (Phi) is 5.67. The van der Waals surface area contributed by atoms with Gasteiger partial charge in [0.2, 0.25) is 0 Å². The van der Waals surface area contributed by atoms with E-state index >= 15 is 0 Å². The molecule has 2 aromatic heterocycles. The molecule has 0 spiro atoms. The number of imidazole rings is 1. The van der Waals surface area contributed by atoms with Gasteiger partial charge in [0, 0.05) is 36.4 Å². The molecule has 0 unspecified atom stereocenters. The van der Waals surface area contributed by atoms with Crippen molar-refractivity contribution >= 4 is 16.8 Å². The normalized spacial score (nSPS) is 11.1. The topological polar surface area (TPSA) is 53.9 Å². The molecule has 0 saturated heterocycles. The Labute approximate surface area is 195 Å². The van der Waals surface area contributed by atoms with Crippen molar-refractivity contribution in [1.82, 2.24) is 19.4 Å². The zero-order chi connectivity index (χ0) is 23.7. The van der Waals surface area contributed by atoms with Gasteiger partial charge in [-0.2, -0.15) is 0 Å². The smallest absolute Gasteiger partial charge is 0.272 e. The van der Waals surface area contributed by atoms with Crippen LogP contribution in [0, 0.1) is 11.6 Å². The first-order chi connectivity index (χ1) is 16.5. The summed E-state index contributed by atoms with van der Waals surface area (Å²) in [7, 11) is 1.78. The maximum Gasteiger partial charge on any atom is 0.272 e. The van der Waals surface area contributed by atoms with Crippen molar-refractivity contribution in [2.24, 2.45) is 0 Å². The highest BCUT2D eigenvalue weighted by atomic mass is 19.2. The second-order valence-electron chi connectivity index (χ2n) is 8.16. The van der Waals surface area contributed by atoms with Crippen molar-refractivity contribution in [2.75, 3.05) is 13.6 Å². The van der Waals surface area contributed by atoms with E-state index in [4.69, 9.17) is 0 Å². The number of likely N-dealkylation sites (N-methyl/N-ethyl adjacent to an activating group) is 1. The van der Waals surface area contributed by atoms with Crippen molar-refractivity contribution in [3.8, 4) is 16.8 Å². The molecule has 3 aromatic carbocycles. The summed E-state index contributed by atoms with van der Waals surface area (Å²) in [5.41, 5.74) is 4.75. The minimum Gasteiger partial charge on any atom is -0.361 e. The number of nitrogens with one attached hydrogen (secondary N) is 1. The van der Waals surface area contributed by atoms with Crippen LogP contribution >= 0.6 is 0 Å². The Morgan fingerprint density at radius 2 is 1.76 bits per heavy atom. The van der Waals surface area contributed by atoms with E-state index in [-0.39, 0.29) is 5.91 Å². The Hall–Kier alpha value is -4.26. The number of halogens is 2. The highest BCUT2D eigenvalue weighted by Crippen LogP contribution is 2.24. The van der Waals surface area contributed by atoms with Crippen molar-refractivity contribution in [3.05, 3.63) is 108 Å². The van der Waals surface area contributed by atoms with Gasteiger partial charge in [0.05, 0.1) is 12.5 Å². The molecule has 0 atom stereocenters. The molecular formula is C27H22F2N4O. The molecule has 5 nitrogen and oxygen atoms in total. The third kappa shape index (κ3) is 4.08. The van der Waals surface area contributed by atoms with E-state index in [0.717, 1.165) is 40.2 Å². The lowest BCUT2D eigenvalue weighted by Gasteiger charge is -2.18. The number of nitrogens with zero attached hydrogens (tertiary/aromatic N) is 3. The number of fused-ring (bicyclic) bond motifs is 1. The zero-order valence-corrected chi connectivity index (χ0v) is 18.5. The molecule has 2 heterocycles. The predicted octanol–water partition coefficient (Wildman–Crippen LogP) is 5.61. The van der Waals surface area contributed by atoms with Crippen LogP contribution in [0.5, 0.6) is 0 Å². The van der Waals surface area contributed by atoms with Gasteiger partial charge in [-0.25, -0.2) is 13.8 Å². The fourth-order valence-electron chi connectivity index (χ4n) is 4.07. The second-order valence-corrected chi connectivity index (χ2v) is 8.16. The molecule has 5 rings (SSSR count). The second kappa shape index (κ2) is 8.94. The molecule has 34 heavy (non-hydrogen) atoms. The summed E-state index contributed by atoms with van der Waals surface area (Å²) < 4.78 is 28.5. The fraction of sp³-hybridized carbons (Fsp3) is 0.111. The molecule has 1 N–H and O–H groups in total. The van der Waals surface area contributed by atoms with E-state index < -0.39 is 11.6 Å². The third-order valence-electron chi connectivity index (χ3n) is 5.99. The van der Waals surface area contributed by atoms with E-state index in [1.807, 2.05) is 36.5 Å². The van der Waals surface area contributed by atoms with Crippen molar-refractivity contribution in [1.29, 1.82) is 0 Å². The SMILES string of the molecule is CN(CCc1c[nH]c2ccccc12)C(=O)c1cncn1-c1ccc(-c2ccc(F)c(F)c2)cc1. The van der Waals surface area contributed by atoms with E-state index in [9.17, 15) is 13.6 Å². The fourth-order valence-corrected chi connectivity index (χ4v) is 4.07. The number of H-pyrrole nitrogens is 1. The third-order valence-corrected chi connectivity index (χ3v) is 5.99. The summed E-state index contributed by atoms with van der Waals surface area (Å²) in [6.07, 6.45) is 5.85. The molecule has 0 fully saturated rings. The molecule has 0 bridgehead atoms. The lowest BCUT2D eigenvalue weighted by Crippen LogP contribution is -2.30. The van der Waals surface area contributed by atoms with Crippen LogP contribution in [0.2, 0.25) is 0 Å². The van der Waals surface area contributed by atoms with Gasteiger partial charge >= 0.3 is 0 Å². The van der Waals surface area contributed by atoms with Crippen LogP contribution < -0.4 is 0 Å². The minimum absolute atomic E-state index is 0.137. The quantitative estimate of drug-likeness (QED) is 0.361. The number of rotatable bonds is 6. The van der Waals surface area contributed by atoms with Crippen molar-refractivity contribution < 1.29 is 13.6 Å². The molecule has 5 aromatic rings. The minimum atomic E-state index is -0.889. The van der Waals surface area contributed by atoms with Crippen LogP contribution in [0.3, 0.4) is 0 Å². The first-order valence-corrected chi connectivity index (χ1v) is 10.9. The average molecular weight is 456 g/mol. The van der Waals surface area contributed by atoms with Gasteiger partial charge in [-0.1, -0.05) is 36.4 Å². The van der Waals surface area contributed by atoms with Crippen LogP contribution in [0.15, 0.2) is 85.5 Å². The number of carbonyl (C=O) groups is 1. The highest BCUT2D eigenvalue weighted by Gasteiger charge is 2.18. The maximum atomic E-state index is 13.6. The van der Waals surface area contributed by atoms with Gasteiger partial charge in [-0.05, 0) is 53.4 Å². The van der Waals surface area contributed by atoms with Gasteiger partial charge in [0.1, 0.15) is 5.69 Å². The van der Waals surface area contributed by atoms with Crippen LogP contribution in [-0.4, -0.2) is 38.9 Å². The van der Waals surface area contributed by atoms with Crippen LogP contribution in [0.4, 0.5) is 8.78 Å². The molecule has 7 heteroatoms. The number of hydrogen-bond donors (Lipinski definition) is 1. The maximum absolute atomic E-state index is 13.6. The number of aromatic amines is 1. The Morgan fingerprint density at radius 3 is 2.56 bits per heavy atom. The van der Waals surface area contributed by atoms with Gasteiger partial charge in [-0.3, -0.25) is 9.36 Å². The molecule has 1 amide bonds. The van der Waals surface area contributed by atoms with E-state index in [1.54, 1.807) is 41.2 Å². The zero-order valence-electron chi connectivity index (χ0n) is 18.5. The molecule has 0 radical (unpaired) electrons. The summed E-state index contributed by atoms with van der Waals surface area (Å²) >= 11 is 0. The summed E-state index contributed by atoms with van der Waals surface area (Å²) in [5.74, 6) is -1.91. The Bertz CT molecular complexity index is 1470. The Morgan fingerprint density at radius 1 is 1.00 bits per heavy atom. The molecular weight excluding hydrogens is 434 g/mol. The Balaban J connectivity index is 1.32. The summed E-state index contributed by atoms with van der Waals surface area (Å²) in [6, 6.07) is 19.1. The van der Waals surface area contributed by atoms with E-state index in [0.29, 0.717) is 17.8 Å². The number of benzene rings is 3. The van der Waals surface area contributed by atoms with E-state index in [1.165, 1.54) is 12.1 Å². The standard InChI is InChI=1S/C27H22F2N4O/c1-32(13-12-20-15-31-25-5-3-2-4-22(20)25)27(34)26-16-30-17-33(26)21-9-6-18(7-10-21)19-8-11-23(28)24(29)14-19/h2-11,14-17,31H,12-13H2,1H3. The first-order valence-electron chi connectivity index (χ1n) is 10.9. The molecule has 0 aliphatic heterocycles. The van der Waals surface area contributed by atoms with Crippen LogP contribution in [0.25, 0.3) is 27.7 Å². The lowest BCUT2D eigenvalue weighted by atomic mass is 10.1. The van der Waals surface area contributed by atoms with Crippen LogP contribution in [0.1, 0.15) is 16.1 Å². The molecule has 170 valence electrons. The predicted molar refractivity (Wildman–Crippen MR) is 128 cm³/mol. The van der Waals surface area contributed by atoms with Gasteiger partial charge in [-0.15, -0.1) is 0 Å². The summed E-state index contributed by atoms with van der Waals surface area (Å²) in [5, 5.41) is 1.16. The molecule has 0 aliphatic rings. The molecule has 0 aliphatic carbocycles. The monoisotopic (exact) mass is 456 g/mol. The molecule has 0 saturated carbocycles. The highest BCUT2D eigenvalue weighted by molar-refractivity contribution is 5.93.